The molecule has 20 heavy (non-hydrogen) atoms. The quantitative estimate of drug-likeness (QED) is 0.866. The van der Waals surface area contributed by atoms with Gasteiger partial charge >= 0.3 is 0 Å². The van der Waals surface area contributed by atoms with Gasteiger partial charge in [0.05, 0.1) is 6.54 Å². The molecule has 0 radical (unpaired) electrons. The van der Waals surface area contributed by atoms with E-state index >= 15 is 0 Å². The molecule has 0 atom stereocenters. The number of hydrogen-bond donors (Lipinski definition) is 0. The zero-order chi connectivity index (χ0) is 13.9. The highest BCUT2D eigenvalue weighted by atomic mass is 35.5. The molecule has 106 valence electrons. The SMILES string of the molecule is CC1CCN(Cc2nnc(-c3ccc(Cl)cc3)o2)CC1. The van der Waals surface area contributed by atoms with Gasteiger partial charge in [-0.15, -0.1) is 10.2 Å². The smallest absolute Gasteiger partial charge is 0.247 e. The molecule has 1 aromatic heterocycles. The number of rotatable bonds is 3. The van der Waals surface area contributed by atoms with Crippen molar-refractivity contribution in [1.29, 1.82) is 0 Å². The first-order valence-corrected chi connectivity index (χ1v) is 7.39. The number of piperidine rings is 1. The van der Waals surface area contributed by atoms with Crippen LogP contribution in [-0.4, -0.2) is 28.2 Å². The van der Waals surface area contributed by atoms with Crippen molar-refractivity contribution in [1.82, 2.24) is 15.1 Å². The Morgan fingerprint density at radius 2 is 1.90 bits per heavy atom. The van der Waals surface area contributed by atoms with Crippen LogP contribution in [0.15, 0.2) is 28.7 Å². The van der Waals surface area contributed by atoms with Crippen LogP contribution in [0.1, 0.15) is 25.7 Å². The Hall–Kier alpha value is -1.39. The van der Waals surface area contributed by atoms with Crippen molar-refractivity contribution in [2.75, 3.05) is 13.1 Å². The molecule has 0 bridgehead atoms. The van der Waals surface area contributed by atoms with Gasteiger partial charge in [0.25, 0.3) is 0 Å². The molecule has 1 aliphatic heterocycles. The molecular weight excluding hydrogens is 274 g/mol. The van der Waals surface area contributed by atoms with Crippen molar-refractivity contribution in [3.63, 3.8) is 0 Å². The maximum atomic E-state index is 5.87. The van der Waals surface area contributed by atoms with Crippen molar-refractivity contribution in [3.8, 4) is 11.5 Å². The number of benzene rings is 1. The van der Waals surface area contributed by atoms with Crippen LogP contribution in [0.25, 0.3) is 11.5 Å². The monoisotopic (exact) mass is 291 g/mol. The molecule has 0 unspecified atom stereocenters. The van der Waals surface area contributed by atoms with Crippen LogP contribution in [0.5, 0.6) is 0 Å². The lowest BCUT2D eigenvalue weighted by molar-refractivity contribution is 0.171. The van der Waals surface area contributed by atoms with Crippen molar-refractivity contribution in [2.24, 2.45) is 5.92 Å². The molecule has 5 heteroatoms. The molecule has 1 aliphatic rings. The fourth-order valence-electron chi connectivity index (χ4n) is 2.44. The first-order chi connectivity index (χ1) is 9.70. The van der Waals surface area contributed by atoms with E-state index in [2.05, 4.69) is 22.0 Å². The summed E-state index contributed by atoms with van der Waals surface area (Å²) in [5, 5.41) is 8.95. The van der Waals surface area contributed by atoms with E-state index in [1.54, 1.807) is 0 Å². The van der Waals surface area contributed by atoms with Crippen molar-refractivity contribution in [2.45, 2.75) is 26.3 Å². The molecule has 0 amide bonds. The number of hydrogen-bond acceptors (Lipinski definition) is 4. The van der Waals surface area contributed by atoms with Crippen LogP contribution < -0.4 is 0 Å². The number of aromatic nitrogens is 2. The van der Waals surface area contributed by atoms with Crippen molar-refractivity contribution in [3.05, 3.63) is 35.2 Å². The Labute approximate surface area is 123 Å². The Morgan fingerprint density at radius 1 is 1.20 bits per heavy atom. The summed E-state index contributed by atoms with van der Waals surface area (Å²) in [6.07, 6.45) is 2.50. The Bertz CT molecular complexity index is 559. The predicted molar refractivity (Wildman–Crippen MR) is 78.4 cm³/mol. The minimum absolute atomic E-state index is 0.557. The largest absolute Gasteiger partial charge is 0.419 e. The van der Waals surface area contributed by atoms with E-state index < -0.39 is 0 Å². The number of halogens is 1. The van der Waals surface area contributed by atoms with E-state index in [4.69, 9.17) is 16.0 Å². The van der Waals surface area contributed by atoms with Crippen molar-refractivity contribution >= 4 is 11.6 Å². The molecule has 2 aromatic rings. The summed E-state index contributed by atoms with van der Waals surface area (Å²) < 4.78 is 5.73. The average Bonchev–Trinajstić information content (AvgIpc) is 2.91. The molecule has 0 aliphatic carbocycles. The van der Waals surface area contributed by atoms with Crippen LogP contribution >= 0.6 is 11.6 Å². The Morgan fingerprint density at radius 3 is 2.60 bits per heavy atom. The van der Waals surface area contributed by atoms with Gasteiger partial charge < -0.3 is 4.42 Å². The van der Waals surface area contributed by atoms with Crippen LogP contribution in [-0.2, 0) is 6.54 Å². The summed E-state index contributed by atoms with van der Waals surface area (Å²) in [6.45, 7) is 5.27. The fraction of sp³-hybridized carbons (Fsp3) is 0.467. The van der Waals surface area contributed by atoms with Gasteiger partial charge in [0.15, 0.2) is 0 Å². The van der Waals surface area contributed by atoms with E-state index in [0.29, 0.717) is 16.8 Å². The normalized spacial score (nSPS) is 17.5. The second-order valence-corrected chi connectivity index (χ2v) is 5.90. The summed E-state index contributed by atoms with van der Waals surface area (Å²) >= 11 is 5.87. The van der Waals surface area contributed by atoms with Gasteiger partial charge in [-0.05, 0) is 56.1 Å². The van der Waals surface area contributed by atoms with Gasteiger partial charge in [-0.2, -0.15) is 0 Å². The second kappa shape index (κ2) is 5.94. The molecule has 1 fully saturated rings. The Balaban J connectivity index is 1.66. The fourth-order valence-corrected chi connectivity index (χ4v) is 2.56. The molecule has 1 aromatic carbocycles. The van der Waals surface area contributed by atoms with E-state index in [-0.39, 0.29) is 0 Å². The molecule has 0 N–H and O–H groups in total. The van der Waals surface area contributed by atoms with E-state index in [1.807, 2.05) is 24.3 Å². The third-order valence-electron chi connectivity index (χ3n) is 3.79. The standard InChI is InChI=1S/C15H18ClN3O/c1-11-6-8-19(9-7-11)10-14-17-18-15(20-14)12-2-4-13(16)5-3-12/h2-5,11H,6-10H2,1H3. The molecule has 0 saturated carbocycles. The zero-order valence-corrected chi connectivity index (χ0v) is 12.3. The maximum Gasteiger partial charge on any atom is 0.247 e. The lowest BCUT2D eigenvalue weighted by Gasteiger charge is -2.28. The second-order valence-electron chi connectivity index (χ2n) is 5.47. The molecule has 0 spiro atoms. The molecule has 4 nitrogen and oxygen atoms in total. The van der Waals surface area contributed by atoms with Gasteiger partial charge in [0.1, 0.15) is 0 Å². The summed E-state index contributed by atoms with van der Waals surface area (Å²) in [5.74, 6) is 2.07. The van der Waals surface area contributed by atoms with Crippen molar-refractivity contribution < 1.29 is 4.42 Å². The number of likely N-dealkylation sites (tertiary alicyclic amines) is 1. The Kier molecular flexibility index (Phi) is 4.03. The van der Waals surface area contributed by atoms with Crippen LogP contribution in [0.3, 0.4) is 0 Å². The van der Waals surface area contributed by atoms with E-state index in [9.17, 15) is 0 Å². The summed E-state index contributed by atoms with van der Waals surface area (Å²) in [6, 6.07) is 7.43. The topological polar surface area (TPSA) is 42.2 Å². The first kappa shape index (κ1) is 13.6. The summed E-state index contributed by atoms with van der Waals surface area (Å²) in [7, 11) is 0. The lowest BCUT2D eigenvalue weighted by Crippen LogP contribution is -2.32. The highest BCUT2D eigenvalue weighted by Crippen LogP contribution is 2.22. The summed E-state index contributed by atoms with van der Waals surface area (Å²) in [4.78, 5) is 2.37. The van der Waals surface area contributed by atoms with Crippen LogP contribution in [0, 0.1) is 5.92 Å². The molecule has 1 saturated heterocycles. The first-order valence-electron chi connectivity index (χ1n) is 7.01. The summed E-state index contributed by atoms with van der Waals surface area (Å²) in [5.41, 5.74) is 0.903. The van der Waals surface area contributed by atoms with Gasteiger partial charge in [0.2, 0.25) is 11.8 Å². The van der Waals surface area contributed by atoms with Gasteiger partial charge in [-0.1, -0.05) is 18.5 Å². The highest BCUT2D eigenvalue weighted by molar-refractivity contribution is 6.30. The van der Waals surface area contributed by atoms with Crippen LogP contribution in [0.4, 0.5) is 0 Å². The minimum Gasteiger partial charge on any atom is -0.419 e. The lowest BCUT2D eigenvalue weighted by atomic mass is 9.99. The molecule has 2 heterocycles. The average molecular weight is 292 g/mol. The van der Waals surface area contributed by atoms with Gasteiger partial charge in [-0.3, -0.25) is 4.90 Å². The third-order valence-corrected chi connectivity index (χ3v) is 4.05. The highest BCUT2D eigenvalue weighted by Gasteiger charge is 2.18. The molecule has 3 rings (SSSR count). The molecular formula is C15H18ClN3O. The maximum absolute atomic E-state index is 5.87. The van der Waals surface area contributed by atoms with E-state index in [0.717, 1.165) is 31.1 Å². The van der Waals surface area contributed by atoms with Gasteiger partial charge in [0, 0.05) is 10.6 Å². The predicted octanol–water partition coefficient (Wildman–Crippen LogP) is 3.62. The minimum atomic E-state index is 0.557. The van der Waals surface area contributed by atoms with Crippen LogP contribution in [0.2, 0.25) is 5.02 Å². The zero-order valence-electron chi connectivity index (χ0n) is 11.6. The van der Waals surface area contributed by atoms with Gasteiger partial charge in [-0.25, -0.2) is 0 Å². The third kappa shape index (κ3) is 3.19. The van der Waals surface area contributed by atoms with E-state index in [1.165, 1.54) is 12.8 Å². The number of nitrogens with zero attached hydrogens (tertiary/aromatic N) is 3.